The van der Waals surface area contributed by atoms with Crippen LogP contribution >= 0.6 is 43.6 Å². The summed E-state index contributed by atoms with van der Waals surface area (Å²) in [4.78, 5) is 12.6. The summed E-state index contributed by atoms with van der Waals surface area (Å²) in [5.74, 6) is 0.431. The van der Waals surface area contributed by atoms with E-state index >= 15 is 0 Å². The summed E-state index contributed by atoms with van der Waals surface area (Å²) in [5, 5.41) is 2.77. The van der Waals surface area contributed by atoms with E-state index in [1.807, 2.05) is 25.1 Å². The Kier molecular flexibility index (Phi) is 6.30. The molecule has 0 atom stereocenters. The number of nitrogens with one attached hydrogen (secondary N) is 1. The van der Waals surface area contributed by atoms with Gasteiger partial charge in [-0.3, -0.25) is 4.79 Å². The first-order chi connectivity index (χ1) is 7.99. The third-order valence-electron chi connectivity index (χ3n) is 1.97. The van der Waals surface area contributed by atoms with E-state index in [-0.39, 0.29) is 5.91 Å². The van der Waals surface area contributed by atoms with Crippen molar-refractivity contribution in [1.82, 2.24) is 5.32 Å². The molecule has 0 bridgehead atoms. The zero-order valence-electron chi connectivity index (χ0n) is 9.43. The van der Waals surface area contributed by atoms with Gasteiger partial charge < -0.3 is 5.32 Å². The zero-order chi connectivity index (χ0) is 12.8. The zero-order valence-corrected chi connectivity index (χ0v) is 13.4. The Morgan fingerprint density at radius 2 is 2.24 bits per heavy atom. The molecule has 0 aliphatic heterocycles. The summed E-state index contributed by atoms with van der Waals surface area (Å²) in [6.07, 6.45) is 0. The van der Waals surface area contributed by atoms with Crippen molar-refractivity contribution in [1.29, 1.82) is 0 Å². The van der Waals surface area contributed by atoms with Crippen LogP contribution in [-0.2, 0) is 4.79 Å². The highest BCUT2D eigenvalue weighted by molar-refractivity contribution is 9.11. The van der Waals surface area contributed by atoms with E-state index in [0.29, 0.717) is 12.3 Å². The smallest absolute Gasteiger partial charge is 0.230 e. The fourth-order valence-electron chi connectivity index (χ4n) is 1.16. The van der Waals surface area contributed by atoms with Gasteiger partial charge >= 0.3 is 0 Å². The maximum absolute atomic E-state index is 11.5. The first kappa shape index (κ1) is 14.8. The molecule has 0 saturated heterocycles. The quantitative estimate of drug-likeness (QED) is 0.788. The van der Waals surface area contributed by atoms with Crippen LogP contribution in [0, 0.1) is 6.92 Å². The molecular weight excluding hydrogens is 366 g/mol. The molecule has 1 rings (SSSR count). The lowest BCUT2D eigenvalue weighted by Gasteiger charge is -2.06. The van der Waals surface area contributed by atoms with Gasteiger partial charge in [-0.1, -0.05) is 38.4 Å². The Morgan fingerprint density at radius 1 is 1.53 bits per heavy atom. The van der Waals surface area contributed by atoms with E-state index in [1.54, 1.807) is 0 Å². The predicted octanol–water partition coefficient (Wildman–Crippen LogP) is 3.87. The number of carbonyl (C=O) groups excluding carboxylic acids is 1. The number of amides is 1. The summed E-state index contributed by atoms with van der Waals surface area (Å²) in [7, 11) is 0. The molecule has 0 heterocycles. The molecular formula is C12H13Br2NOS. The van der Waals surface area contributed by atoms with Crippen LogP contribution in [0.3, 0.4) is 0 Å². The molecule has 1 aromatic carbocycles. The average molecular weight is 379 g/mol. The molecule has 0 fully saturated rings. The van der Waals surface area contributed by atoms with Crippen LogP contribution < -0.4 is 5.32 Å². The molecule has 0 unspecified atom stereocenters. The Labute approximate surface area is 123 Å². The molecule has 0 aliphatic carbocycles. The van der Waals surface area contributed by atoms with Gasteiger partial charge in [-0.25, -0.2) is 0 Å². The minimum Gasteiger partial charge on any atom is -0.351 e. The van der Waals surface area contributed by atoms with Crippen molar-refractivity contribution in [3.63, 3.8) is 0 Å². The number of benzene rings is 1. The number of aryl methyl sites for hydroxylation is 1. The number of rotatable bonds is 5. The first-order valence-electron chi connectivity index (χ1n) is 4.98. The van der Waals surface area contributed by atoms with Gasteiger partial charge in [0.15, 0.2) is 0 Å². The van der Waals surface area contributed by atoms with Crippen LogP contribution in [0.1, 0.15) is 5.56 Å². The highest BCUT2D eigenvalue weighted by Gasteiger charge is 2.05. The van der Waals surface area contributed by atoms with E-state index in [1.165, 1.54) is 17.3 Å². The van der Waals surface area contributed by atoms with Gasteiger partial charge in [-0.2, -0.15) is 0 Å². The Hall–Kier alpha value is -0.260. The molecule has 0 saturated carbocycles. The van der Waals surface area contributed by atoms with Crippen molar-refractivity contribution in [3.05, 3.63) is 39.3 Å². The lowest BCUT2D eigenvalue weighted by Crippen LogP contribution is -2.26. The molecule has 5 heteroatoms. The first-order valence-corrected chi connectivity index (χ1v) is 7.55. The van der Waals surface area contributed by atoms with Crippen LogP contribution in [0.25, 0.3) is 0 Å². The van der Waals surface area contributed by atoms with Gasteiger partial charge in [0.2, 0.25) is 5.91 Å². The van der Waals surface area contributed by atoms with E-state index < -0.39 is 0 Å². The highest BCUT2D eigenvalue weighted by atomic mass is 79.9. The second kappa shape index (κ2) is 7.24. The van der Waals surface area contributed by atoms with Crippen molar-refractivity contribution < 1.29 is 4.79 Å². The van der Waals surface area contributed by atoms with Crippen molar-refractivity contribution in [3.8, 4) is 0 Å². The van der Waals surface area contributed by atoms with Crippen molar-refractivity contribution in [2.24, 2.45) is 0 Å². The van der Waals surface area contributed by atoms with E-state index in [9.17, 15) is 4.79 Å². The molecule has 0 spiro atoms. The second-order valence-electron chi connectivity index (χ2n) is 3.49. The minimum atomic E-state index is 0.0120. The number of carbonyl (C=O) groups is 1. The molecule has 0 radical (unpaired) electrons. The third kappa shape index (κ3) is 5.75. The predicted molar refractivity (Wildman–Crippen MR) is 80.7 cm³/mol. The van der Waals surface area contributed by atoms with E-state index in [0.717, 1.165) is 13.9 Å². The Bertz CT molecular complexity index is 435. The lowest BCUT2D eigenvalue weighted by molar-refractivity contribution is -0.118. The van der Waals surface area contributed by atoms with Crippen molar-refractivity contribution in [2.45, 2.75) is 11.8 Å². The van der Waals surface area contributed by atoms with E-state index in [4.69, 9.17) is 0 Å². The van der Waals surface area contributed by atoms with Gasteiger partial charge in [0, 0.05) is 20.4 Å². The molecule has 1 aromatic rings. The van der Waals surface area contributed by atoms with Crippen LogP contribution in [-0.4, -0.2) is 18.2 Å². The molecule has 0 aliphatic rings. The summed E-state index contributed by atoms with van der Waals surface area (Å²) < 4.78 is 1.83. The fraction of sp³-hybridized carbons (Fsp3) is 0.250. The Morgan fingerprint density at radius 3 is 2.82 bits per heavy atom. The average Bonchev–Trinajstić information content (AvgIpc) is 2.25. The normalized spacial score (nSPS) is 10.1. The van der Waals surface area contributed by atoms with Gasteiger partial charge in [0.1, 0.15) is 0 Å². The summed E-state index contributed by atoms with van der Waals surface area (Å²) >= 11 is 8.15. The summed E-state index contributed by atoms with van der Waals surface area (Å²) in [5.41, 5.74) is 1.17. The SMILES string of the molecule is C=C(Br)CNC(=O)CSc1ccc(Br)cc1C. The second-order valence-corrected chi connectivity index (χ2v) is 6.55. The van der Waals surface area contributed by atoms with Gasteiger partial charge in [0.05, 0.1) is 5.75 Å². The highest BCUT2D eigenvalue weighted by Crippen LogP contribution is 2.25. The largest absolute Gasteiger partial charge is 0.351 e. The molecule has 0 aromatic heterocycles. The third-order valence-corrected chi connectivity index (χ3v) is 3.92. The van der Waals surface area contributed by atoms with Gasteiger partial charge in [-0.05, 0) is 30.7 Å². The van der Waals surface area contributed by atoms with Crippen molar-refractivity contribution >= 4 is 49.5 Å². The van der Waals surface area contributed by atoms with E-state index in [2.05, 4.69) is 43.8 Å². The van der Waals surface area contributed by atoms with Crippen LogP contribution in [0.5, 0.6) is 0 Å². The number of hydrogen-bond acceptors (Lipinski definition) is 2. The van der Waals surface area contributed by atoms with Gasteiger partial charge in [0.25, 0.3) is 0 Å². The number of hydrogen-bond donors (Lipinski definition) is 1. The molecule has 17 heavy (non-hydrogen) atoms. The standard InChI is InChI=1S/C12H13Br2NOS/c1-8-5-10(14)3-4-11(8)17-7-12(16)15-6-9(2)13/h3-5H,2,6-7H2,1H3,(H,15,16). The van der Waals surface area contributed by atoms with Gasteiger partial charge in [-0.15, -0.1) is 11.8 Å². The Balaban J connectivity index is 2.44. The molecule has 2 nitrogen and oxygen atoms in total. The molecule has 1 N–H and O–H groups in total. The van der Waals surface area contributed by atoms with Crippen LogP contribution in [0.4, 0.5) is 0 Å². The topological polar surface area (TPSA) is 29.1 Å². The fourth-order valence-corrected chi connectivity index (χ4v) is 2.62. The molecule has 92 valence electrons. The summed E-state index contributed by atoms with van der Waals surface area (Å²) in [6.45, 7) is 6.16. The van der Waals surface area contributed by atoms with Crippen molar-refractivity contribution in [2.75, 3.05) is 12.3 Å². The summed E-state index contributed by atoms with van der Waals surface area (Å²) in [6, 6.07) is 6.04. The minimum absolute atomic E-state index is 0.0120. The number of thioether (sulfide) groups is 1. The number of halogens is 2. The van der Waals surface area contributed by atoms with Crippen LogP contribution in [0.2, 0.25) is 0 Å². The maximum Gasteiger partial charge on any atom is 0.230 e. The monoisotopic (exact) mass is 377 g/mol. The molecule has 1 amide bonds. The lowest BCUT2D eigenvalue weighted by atomic mass is 10.2. The van der Waals surface area contributed by atoms with Crippen LogP contribution in [0.15, 0.2) is 38.6 Å². The maximum atomic E-state index is 11.5.